The molecule has 5 rings (SSSR count). The first-order valence-electron chi connectivity index (χ1n) is 15.8. The average molecular weight is 598 g/mol. The van der Waals surface area contributed by atoms with Crippen LogP contribution in [0.25, 0.3) is 22.4 Å². The van der Waals surface area contributed by atoms with Crippen LogP contribution in [0.3, 0.4) is 0 Å². The number of aromatic nitrogens is 1. The molecule has 0 N–H and O–H groups in total. The van der Waals surface area contributed by atoms with E-state index in [2.05, 4.69) is 30.5 Å². The molecule has 0 radical (unpaired) electrons. The van der Waals surface area contributed by atoms with Crippen LogP contribution in [0.4, 0.5) is 4.39 Å². The molecule has 1 aliphatic carbocycles. The maximum Gasteiger partial charge on any atom is 0.340 e. The van der Waals surface area contributed by atoms with Crippen LogP contribution in [0.2, 0.25) is 0 Å². The zero-order valence-corrected chi connectivity index (χ0v) is 26.3. The molecule has 0 aliphatic heterocycles. The molecule has 0 bridgehead atoms. The Bertz CT molecular complexity index is 1500. The fourth-order valence-electron chi connectivity index (χ4n) is 6.66. The molecule has 0 spiro atoms. The number of rotatable bonds is 12. The zero-order valence-electron chi connectivity index (χ0n) is 26.3. The summed E-state index contributed by atoms with van der Waals surface area (Å²) in [7, 11) is 1.79. The van der Waals surface area contributed by atoms with E-state index in [0.29, 0.717) is 24.6 Å². The molecule has 232 valence electrons. The molecule has 1 aliphatic rings. The molecule has 44 heavy (non-hydrogen) atoms. The van der Waals surface area contributed by atoms with Gasteiger partial charge in [-0.3, -0.25) is 0 Å². The standard InChI is InChI=1S/C38H44FNO4/c1-5-43-38(41)35-34(29-14-10-7-11-15-29)37(30-16-18-31(39)19-17-30)40(36(35)26(2)3)21-20-28-22-32(42-4)24-33(23-28)44-25-27-12-8-6-9-13-27/h6-19,26,28,32-33H,5,20-25H2,1-4H3/t28-,32?,33+/m0/s1. The first-order valence-corrected chi connectivity index (χ1v) is 15.8. The molecule has 0 amide bonds. The third-order valence-electron chi connectivity index (χ3n) is 8.65. The van der Waals surface area contributed by atoms with Crippen molar-refractivity contribution in [1.82, 2.24) is 4.57 Å². The average Bonchev–Trinajstić information content (AvgIpc) is 3.39. The van der Waals surface area contributed by atoms with Gasteiger partial charge in [0.05, 0.1) is 36.7 Å². The number of nitrogens with zero attached hydrogens (tertiary/aromatic N) is 1. The number of carbonyl (C=O) groups is 1. The summed E-state index contributed by atoms with van der Waals surface area (Å²) in [5.41, 5.74) is 6.25. The van der Waals surface area contributed by atoms with Crippen LogP contribution in [-0.2, 0) is 27.4 Å². The van der Waals surface area contributed by atoms with Crippen LogP contribution in [-0.4, -0.2) is 36.5 Å². The van der Waals surface area contributed by atoms with E-state index in [0.717, 1.165) is 53.8 Å². The van der Waals surface area contributed by atoms with Gasteiger partial charge in [-0.05, 0) is 85.4 Å². The number of benzene rings is 3. The van der Waals surface area contributed by atoms with Crippen molar-refractivity contribution in [3.63, 3.8) is 0 Å². The summed E-state index contributed by atoms with van der Waals surface area (Å²) in [5.74, 6) is -0.198. The third-order valence-corrected chi connectivity index (χ3v) is 8.65. The highest BCUT2D eigenvalue weighted by atomic mass is 19.1. The third kappa shape index (κ3) is 7.31. The van der Waals surface area contributed by atoms with Crippen LogP contribution < -0.4 is 0 Å². The predicted molar refractivity (Wildman–Crippen MR) is 173 cm³/mol. The largest absolute Gasteiger partial charge is 0.462 e. The lowest BCUT2D eigenvalue weighted by Gasteiger charge is -2.34. The second kappa shape index (κ2) is 14.8. The molecular weight excluding hydrogens is 553 g/mol. The Hall–Kier alpha value is -3.74. The van der Waals surface area contributed by atoms with E-state index in [1.165, 1.54) is 17.7 Å². The summed E-state index contributed by atoms with van der Waals surface area (Å²) in [4.78, 5) is 13.7. The maximum atomic E-state index is 14.1. The first kappa shape index (κ1) is 31.7. The number of esters is 1. The Kier molecular flexibility index (Phi) is 10.7. The van der Waals surface area contributed by atoms with Gasteiger partial charge in [-0.1, -0.05) is 74.5 Å². The number of methoxy groups -OCH3 is 1. The fourth-order valence-corrected chi connectivity index (χ4v) is 6.66. The summed E-state index contributed by atoms with van der Waals surface area (Å²) in [6.45, 7) is 7.64. The Labute approximate surface area is 261 Å². The molecule has 6 heteroatoms. The van der Waals surface area contributed by atoms with Crippen molar-refractivity contribution in [2.75, 3.05) is 13.7 Å². The lowest BCUT2D eigenvalue weighted by molar-refractivity contribution is -0.0553. The van der Waals surface area contributed by atoms with E-state index in [4.69, 9.17) is 14.2 Å². The van der Waals surface area contributed by atoms with Crippen LogP contribution in [0.5, 0.6) is 0 Å². The molecule has 3 atom stereocenters. The number of hydrogen-bond donors (Lipinski definition) is 0. The van der Waals surface area contributed by atoms with Gasteiger partial charge in [-0.15, -0.1) is 0 Å². The van der Waals surface area contributed by atoms with Gasteiger partial charge in [-0.2, -0.15) is 0 Å². The van der Waals surface area contributed by atoms with Gasteiger partial charge in [0.25, 0.3) is 0 Å². The Morgan fingerprint density at radius 1 is 0.886 bits per heavy atom. The maximum absolute atomic E-state index is 14.1. The minimum Gasteiger partial charge on any atom is -0.462 e. The molecule has 3 aromatic carbocycles. The predicted octanol–water partition coefficient (Wildman–Crippen LogP) is 9.05. The van der Waals surface area contributed by atoms with Gasteiger partial charge in [0.1, 0.15) is 5.82 Å². The van der Waals surface area contributed by atoms with Gasteiger partial charge in [-0.25, -0.2) is 9.18 Å². The number of carbonyl (C=O) groups excluding carboxylic acids is 1. The minimum atomic E-state index is -0.330. The Morgan fingerprint density at radius 3 is 2.18 bits per heavy atom. The molecule has 1 unspecified atom stereocenters. The molecule has 1 fully saturated rings. The van der Waals surface area contributed by atoms with Gasteiger partial charge >= 0.3 is 5.97 Å². The topological polar surface area (TPSA) is 49.7 Å². The van der Waals surface area contributed by atoms with Gasteiger partial charge in [0.15, 0.2) is 0 Å². The highest BCUT2D eigenvalue weighted by Gasteiger charge is 2.33. The molecule has 4 aromatic rings. The van der Waals surface area contributed by atoms with Crippen molar-refractivity contribution in [2.45, 2.75) is 77.7 Å². The van der Waals surface area contributed by atoms with E-state index < -0.39 is 0 Å². The van der Waals surface area contributed by atoms with Crippen LogP contribution in [0, 0.1) is 11.7 Å². The highest BCUT2D eigenvalue weighted by Crippen LogP contribution is 2.43. The summed E-state index contributed by atoms with van der Waals surface area (Å²) in [6, 6.07) is 26.8. The van der Waals surface area contributed by atoms with E-state index in [1.54, 1.807) is 7.11 Å². The summed E-state index contributed by atoms with van der Waals surface area (Å²) < 4.78 is 34.4. The number of hydrogen-bond acceptors (Lipinski definition) is 4. The van der Waals surface area contributed by atoms with Crippen molar-refractivity contribution < 1.29 is 23.4 Å². The second-order valence-electron chi connectivity index (χ2n) is 12.0. The quantitative estimate of drug-likeness (QED) is 0.153. The number of ether oxygens (including phenoxy) is 3. The number of halogens is 1. The van der Waals surface area contributed by atoms with Gasteiger partial charge in [0.2, 0.25) is 0 Å². The van der Waals surface area contributed by atoms with Crippen molar-refractivity contribution in [3.05, 3.63) is 108 Å². The minimum absolute atomic E-state index is 0.0473. The molecule has 1 aromatic heterocycles. The SMILES string of the molecule is CCOC(=O)c1c(-c2ccccc2)c(-c2ccc(F)cc2)n(CC[C@H]2CC(OC)C[C@H](OCc3ccccc3)C2)c1C(C)C. The molecule has 1 heterocycles. The summed E-state index contributed by atoms with van der Waals surface area (Å²) >= 11 is 0. The van der Waals surface area contributed by atoms with Crippen LogP contribution in [0.1, 0.15) is 74.0 Å². The summed E-state index contributed by atoms with van der Waals surface area (Å²) in [6.07, 6.45) is 3.93. The van der Waals surface area contributed by atoms with E-state index in [1.807, 2.05) is 67.6 Å². The van der Waals surface area contributed by atoms with Crippen LogP contribution in [0.15, 0.2) is 84.9 Å². The van der Waals surface area contributed by atoms with Gasteiger partial charge < -0.3 is 18.8 Å². The lowest BCUT2D eigenvalue weighted by atomic mass is 9.83. The molecule has 5 nitrogen and oxygen atoms in total. The van der Waals surface area contributed by atoms with E-state index >= 15 is 0 Å². The van der Waals surface area contributed by atoms with Crippen molar-refractivity contribution >= 4 is 5.97 Å². The van der Waals surface area contributed by atoms with E-state index in [-0.39, 0.29) is 36.5 Å². The van der Waals surface area contributed by atoms with Crippen molar-refractivity contribution in [2.24, 2.45) is 5.92 Å². The van der Waals surface area contributed by atoms with Crippen LogP contribution >= 0.6 is 0 Å². The van der Waals surface area contributed by atoms with Crippen molar-refractivity contribution in [3.8, 4) is 22.4 Å². The monoisotopic (exact) mass is 597 g/mol. The second-order valence-corrected chi connectivity index (χ2v) is 12.0. The highest BCUT2D eigenvalue weighted by molar-refractivity contribution is 6.04. The molecule has 0 saturated heterocycles. The van der Waals surface area contributed by atoms with Crippen molar-refractivity contribution in [1.29, 1.82) is 0 Å². The smallest absolute Gasteiger partial charge is 0.340 e. The lowest BCUT2D eigenvalue weighted by Crippen LogP contribution is -2.33. The van der Waals surface area contributed by atoms with Gasteiger partial charge in [0, 0.05) is 24.9 Å². The molecule has 1 saturated carbocycles. The van der Waals surface area contributed by atoms with E-state index in [9.17, 15) is 9.18 Å². The first-order chi connectivity index (χ1) is 21.4. The fraction of sp³-hybridized carbons (Fsp3) is 0.395. The zero-order chi connectivity index (χ0) is 31.1. The Morgan fingerprint density at radius 2 is 1.55 bits per heavy atom. The Balaban J connectivity index is 1.53. The normalized spacial score (nSPS) is 18.5. The molecular formula is C38H44FNO4. The summed E-state index contributed by atoms with van der Waals surface area (Å²) in [5, 5.41) is 0.